The fraction of sp³-hybridized carbons (Fsp3) is 0.467. The molecule has 1 aliphatic rings. The molecule has 21 heavy (non-hydrogen) atoms. The molecular formula is C15H20N4O2. The summed E-state index contributed by atoms with van der Waals surface area (Å²) in [7, 11) is 3.75. The Hall–Kier alpha value is -1.92. The lowest BCUT2D eigenvalue weighted by molar-refractivity contribution is 0.190. The van der Waals surface area contributed by atoms with E-state index in [1.807, 2.05) is 24.3 Å². The standard InChI is InChI=1S/C15H20N4O2/c1-19-7-6-16-10-13(19)15-17-14(21-18-15)9-11-4-3-5-12(8-11)20-2/h3-5,8,13,16H,6-7,9-10H2,1-2H3. The Labute approximate surface area is 124 Å². The number of ether oxygens (including phenoxy) is 1. The number of benzene rings is 1. The van der Waals surface area contributed by atoms with Crippen LogP contribution in [0, 0.1) is 0 Å². The third-order valence-electron chi connectivity index (χ3n) is 3.78. The van der Waals surface area contributed by atoms with Gasteiger partial charge in [0.1, 0.15) is 5.75 Å². The van der Waals surface area contributed by atoms with E-state index in [0.717, 1.165) is 36.8 Å². The molecule has 6 nitrogen and oxygen atoms in total. The summed E-state index contributed by atoms with van der Waals surface area (Å²) in [6.07, 6.45) is 0.619. The minimum atomic E-state index is 0.182. The number of hydrogen-bond donors (Lipinski definition) is 1. The van der Waals surface area contributed by atoms with Gasteiger partial charge in [-0.05, 0) is 24.7 Å². The normalized spacial score (nSPS) is 19.6. The molecule has 1 aliphatic heterocycles. The van der Waals surface area contributed by atoms with Crippen molar-refractivity contribution in [2.24, 2.45) is 0 Å². The van der Waals surface area contributed by atoms with Crippen molar-refractivity contribution in [3.05, 3.63) is 41.5 Å². The van der Waals surface area contributed by atoms with Gasteiger partial charge in [-0.3, -0.25) is 4.90 Å². The highest BCUT2D eigenvalue weighted by Gasteiger charge is 2.25. The van der Waals surface area contributed by atoms with Crippen LogP contribution in [-0.2, 0) is 6.42 Å². The molecule has 2 aromatic rings. The van der Waals surface area contributed by atoms with Gasteiger partial charge in [-0.25, -0.2) is 0 Å². The summed E-state index contributed by atoms with van der Waals surface area (Å²) in [4.78, 5) is 6.78. The fourth-order valence-corrected chi connectivity index (χ4v) is 2.53. The quantitative estimate of drug-likeness (QED) is 0.913. The summed E-state index contributed by atoms with van der Waals surface area (Å²) >= 11 is 0. The largest absolute Gasteiger partial charge is 0.497 e. The van der Waals surface area contributed by atoms with E-state index in [4.69, 9.17) is 9.26 Å². The van der Waals surface area contributed by atoms with Crippen LogP contribution in [0.1, 0.15) is 23.3 Å². The molecule has 1 fully saturated rings. The molecule has 1 aromatic heterocycles. The van der Waals surface area contributed by atoms with Crippen molar-refractivity contribution in [2.45, 2.75) is 12.5 Å². The van der Waals surface area contributed by atoms with E-state index in [0.29, 0.717) is 12.3 Å². The Morgan fingerprint density at radius 2 is 2.38 bits per heavy atom. The second kappa shape index (κ2) is 6.24. The first-order valence-electron chi connectivity index (χ1n) is 7.12. The van der Waals surface area contributed by atoms with E-state index in [9.17, 15) is 0 Å². The number of likely N-dealkylation sites (N-methyl/N-ethyl adjacent to an activating group) is 1. The SMILES string of the molecule is COc1cccc(Cc2nc(C3CNCCN3C)no2)c1. The zero-order chi connectivity index (χ0) is 14.7. The molecule has 1 aromatic carbocycles. The predicted octanol–water partition coefficient (Wildman–Crippen LogP) is 1.25. The molecule has 0 saturated carbocycles. The summed E-state index contributed by atoms with van der Waals surface area (Å²) in [5, 5.41) is 7.49. The number of nitrogens with one attached hydrogen (secondary N) is 1. The van der Waals surface area contributed by atoms with Gasteiger partial charge in [-0.1, -0.05) is 17.3 Å². The van der Waals surface area contributed by atoms with Gasteiger partial charge in [0.15, 0.2) is 5.82 Å². The highest BCUT2D eigenvalue weighted by Crippen LogP contribution is 2.19. The highest BCUT2D eigenvalue weighted by molar-refractivity contribution is 5.29. The lowest BCUT2D eigenvalue weighted by Gasteiger charge is -2.30. The van der Waals surface area contributed by atoms with Crippen molar-refractivity contribution in [1.29, 1.82) is 0 Å². The van der Waals surface area contributed by atoms with E-state index in [-0.39, 0.29) is 6.04 Å². The Morgan fingerprint density at radius 3 is 3.19 bits per heavy atom. The first kappa shape index (κ1) is 14.0. The van der Waals surface area contributed by atoms with E-state index >= 15 is 0 Å². The van der Waals surface area contributed by atoms with E-state index in [2.05, 4.69) is 27.4 Å². The lowest BCUT2D eigenvalue weighted by Crippen LogP contribution is -2.44. The van der Waals surface area contributed by atoms with Crippen molar-refractivity contribution in [1.82, 2.24) is 20.4 Å². The summed E-state index contributed by atoms with van der Waals surface area (Å²) in [5.74, 6) is 2.23. The van der Waals surface area contributed by atoms with Crippen LogP contribution < -0.4 is 10.1 Å². The van der Waals surface area contributed by atoms with Crippen LogP contribution in [0.5, 0.6) is 5.75 Å². The zero-order valence-electron chi connectivity index (χ0n) is 12.4. The average Bonchev–Trinajstić information content (AvgIpc) is 2.96. The van der Waals surface area contributed by atoms with Crippen LogP contribution in [0.4, 0.5) is 0 Å². The summed E-state index contributed by atoms with van der Waals surface area (Å²) in [6, 6.07) is 8.08. The van der Waals surface area contributed by atoms with Crippen molar-refractivity contribution < 1.29 is 9.26 Å². The maximum absolute atomic E-state index is 5.39. The Morgan fingerprint density at radius 1 is 1.48 bits per heavy atom. The molecule has 1 N–H and O–H groups in total. The van der Waals surface area contributed by atoms with Gasteiger partial charge in [0.25, 0.3) is 0 Å². The smallest absolute Gasteiger partial charge is 0.231 e. The highest BCUT2D eigenvalue weighted by atomic mass is 16.5. The lowest BCUT2D eigenvalue weighted by atomic mass is 10.1. The van der Waals surface area contributed by atoms with Crippen LogP contribution in [0.2, 0.25) is 0 Å². The monoisotopic (exact) mass is 288 g/mol. The second-order valence-corrected chi connectivity index (χ2v) is 5.28. The van der Waals surface area contributed by atoms with Crippen LogP contribution >= 0.6 is 0 Å². The van der Waals surface area contributed by atoms with Crippen molar-refractivity contribution in [3.8, 4) is 5.75 Å². The number of aromatic nitrogens is 2. The summed E-state index contributed by atoms with van der Waals surface area (Å²) in [5.41, 5.74) is 1.10. The van der Waals surface area contributed by atoms with Crippen LogP contribution in [0.15, 0.2) is 28.8 Å². The number of piperazine rings is 1. The second-order valence-electron chi connectivity index (χ2n) is 5.28. The van der Waals surface area contributed by atoms with Crippen LogP contribution in [-0.4, -0.2) is 48.8 Å². The van der Waals surface area contributed by atoms with E-state index in [1.165, 1.54) is 0 Å². The Bertz CT molecular complexity index is 599. The molecule has 1 atom stereocenters. The maximum atomic E-state index is 5.39. The number of nitrogens with zero attached hydrogens (tertiary/aromatic N) is 3. The minimum absolute atomic E-state index is 0.182. The van der Waals surface area contributed by atoms with E-state index in [1.54, 1.807) is 7.11 Å². The number of rotatable bonds is 4. The average molecular weight is 288 g/mol. The molecule has 112 valence electrons. The first-order valence-corrected chi connectivity index (χ1v) is 7.12. The van der Waals surface area contributed by atoms with Crippen molar-refractivity contribution in [2.75, 3.05) is 33.8 Å². The predicted molar refractivity (Wildman–Crippen MR) is 78.3 cm³/mol. The van der Waals surface area contributed by atoms with Gasteiger partial charge in [0.05, 0.1) is 19.6 Å². The third-order valence-corrected chi connectivity index (χ3v) is 3.78. The molecule has 0 spiro atoms. The van der Waals surface area contributed by atoms with Gasteiger partial charge < -0.3 is 14.6 Å². The molecular weight excluding hydrogens is 268 g/mol. The zero-order valence-corrected chi connectivity index (χ0v) is 12.4. The topological polar surface area (TPSA) is 63.4 Å². The van der Waals surface area contributed by atoms with Gasteiger partial charge in [-0.15, -0.1) is 0 Å². The molecule has 1 unspecified atom stereocenters. The fourth-order valence-electron chi connectivity index (χ4n) is 2.53. The van der Waals surface area contributed by atoms with Gasteiger partial charge in [0.2, 0.25) is 5.89 Å². The van der Waals surface area contributed by atoms with Gasteiger partial charge in [0, 0.05) is 19.6 Å². The van der Waals surface area contributed by atoms with Crippen LogP contribution in [0.3, 0.4) is 0 Å². The molecule has 0 bridgehead atoms. The summed E-state index contributed by atoms with van der Waals surface area (Å²) < 4.78 is 10.6. The Balaban J connectivity index is 1.72. The van der Waals surface area contributed by atoms with Gasteiger partial charge in [-0.2, -0.15) is 4.98 Å². The Kier molecular flexibility index (Phi) is 4.17. The molecule has 1 saturated heterocycles. The molecule has 0 aliphatic carbocycles. The first-order chi connectivity index (χ1) is 10.3. The molecule has 2 heterocycles. The van der Waals surface area contributed by atoms with Crippen molar-refractivity contribution in [3.63, 3.8) is 0 Å². The summed E-state index contributed by atoms with van der Waals surface area (Å²) in [6.45, 7) is 2.85. The van der Waals surface area contributed by atoms with Crippen LogP contribution in [0.25, 0.3) is 0 Å². The molecule has 0 radical (unpaired) electrons. The third kappa shape index (κ3) is 3.22. The van der Waals surface area contributed by atoms with E-state index < -0.39 is 0 Å². The maximum Gasteiger partial charge on any atom is 0.231 e. The number of methoxy groups -OCH3 is 1. The van der Waals surface area contributed by atoms with Crippen molar-refractivity contribution >= 4 is 0 Å². The molecule has 3 rings (SSSR count). The molecule has 0 amide bonds. The van der Waals surface area contributed by atoms with Gasteiger partial charge >= 0.3 is 0 Å². The molecule has 6 heteroatoms. The minimum Gasteiger partial charge on any atom is -0.497 e. The number of hydrogen-bond acceptors (Lipinski definition) is 6.